The van der Waals surface area contributed by atoms with Gasteiger partial charge in [0.1, 0.15) is 5.82 Å². The number of aryl methyl sites for hydroxylation is 2. The molecule has 0 radical (unpaired) electrons. The van der Waals surface area contributed by atoms with Gasteiger partial charge < -0.3 is 10.3 Å². The summed E-state index contributed by atoms with van der Waals surface area (Å²) in [6.45, 7) is 3.46. The van der Waals surface area contributed by atoms with Crippen molar-refractivity contribution in [2.45, 2.75) is 26.7 Å². The molecule has 0 atom stereocenters. The lowest BCUT2D eigenvalue weighted by Gasteiger charge is -2.06. The summed E-state index contributed by atoms with van der Waals surface area (Å²) >= 11 is 0. The Kier molecular flexibility index (Phi) is 4.32. The summed E-state index contributed by atoms with van der Waals surface area (Å²) in [5.41, 5.74) is 0.681. The van der Waals surface area contributed by atoms with E-state index in [9.17, 15) is 14.4 Å². The van der Waals surface area contributed by atoms with Gasteiger partial charge in [-0.25, -0.2) is 9.78 Å². The largest absolute Gasteiger partial charge is 0.325 e. The van der Waals surface area contributed by atoms with E-state index in [0.717, 1.165) is 5.69 Å². The molecule has 7 heteroatoms. The van der Waals surface area contributed by atoms with E-state index in [0.29, 0.717) is 17.1 Å². The van der Waals surface area contributed by atoms with Crippen molar-refractivity contribution in [1.82, 2.24) is 15.0 Å². The van der Waals surface area contributed by atoms with Crippen molar-refractivity contribution in [3.05, 3.63) is 56.0 Å². The van der Waals surface area contributed by atoms with Gasteiger partial charge in [0, 0.05) is 23.4 Å². The number of amides is 1. The molecule has 0 unspecified atom stereocenters. The highest BCUT2D eigenvalue weighted by atomic mass is 16.2. The van der Waals surface area contributed by atoms with Gasteiger partial charge in [-0.05, 0) is 32.4 Å². The van der Waals surface area contributed by atoms with E-state index in [4.69, 9.17) is 0 Å². The van der Waals surface area contributed by atoms with Crippen molar-refractivity contribution in [3.63, 3.8) is 0 Å². The van der Waals surface area contributed by atoms with Crippen LogP contribution in [0.5, 0.6) is 0 Å². The van der Waals surface area contributed by atoms with Crippen LogP contribution >= 0.6 is 0 Å². The molecule has 110 valence electrons. The van der Waals surface area contributed by atoms with Crippen LogP contribution in [-0.2, 0) is 11.2 Å². The fraction of sp³-hybridized carbons (Fsp3) is 0.286. The zero-order valence-corrected chi connectivity index (χ0v) is 11.8. The molecule has 2 heterocycles. The fourth-order valence-corrected chi connectivity index (χ4v) is 1.98. The van der Waals surface area contributed by atoms with Crippen LogP contribution in [0.15, 0.2) is 27.8 Å². The predicted octanol–water partition coefficient (Wildman–Crippen LogP) is 0.646. The number of nitrogens with zero attached hydrogens (tertiary/aromatic N) is 1. The third kappa shape index (κ3) is 3.88. The Balaban J connectivity index is 2.02. The second-order valence-electron chi connectivity index (χ2n) is 4.72. The third-order valence-electron chi connectivity index (χ3n) is 3.01. The Morgan fingerprint density at radius 1 is 1.24 bits per heavy atom. The Morgan fingerprint density at radius 2 is 2.00 bits per heavy atom. The lowest BCUT2D eigenvalue weighted by atomic mass is 10.1. The first-order chi connectivity index (χ1) is 9.95. The molecule has 0 fully saturated rings. The number of H-pyrrole nitrogens is 2. The molecule has 21 heavy (non-hydrogen) atoms. The molecule has 3 N–H and O–H groups in total. The number of carbonyl (C=O) groups is 1. The molecule has 0 aliphatic heterocycles. The molecule has 2 rings (SSSR count). The van der Waals surface area contributed by atoms with Crippen LogP contribution < -0.4 is 16.6 Å². The van der Waals surface area contributed by atoms with Crippen LogP contribution in [0.25, 0.3) is 0 Å². The van der Waals surface area contributed by atoms with Crippen LogP contribution in [0, 0.1) is 13.8 Å². The quantitative estimate of drug-likeness (QED) is 0.767. The van der Waals surface area contributed by atoms with Crippen molar-refractivity contribution < 1.29 is 4.79 Å². The maximum Gasteiger partial charge on any atom is 0.325 e. The normalized spacial score (nSPS) is 10.4. The maximum atomic E-state index is 11.9. The Hall–Kier alpha value is -2.70. The number of aromatic nitrogens is 3. The van der Waals surface area contributed by atoms with Gasteiger partial charge in [0.2, 0.25) is 5.91 Å². The predicted molar refractivity (Wildman–Crippen MR) is 78.3 cm³/mol. The molecule has 1 amide bonds. The first kappa shape index (κ1) is 14.7. The summed E-state index contributed by atoms with van der Waals surface area (Å²) in [5.74, 6) is 0.241. The zero-order valence-electron chi connectivity index (χ0n) is 11.8. The summed E-state index contributed by atoms with van der Waals surface area (Å²) in [6.07, 6.45) is 0.376. The van der Waals surface area contributed by atoms with Crippen LogP contribution in [0.1, 0.15) is 23.4 Å². The zero-order chi connectivity index (χ0) is 15.4. The molecule has 0 aliphatic carbocycles. The minimum atomic E-state index is -0.547. The van der Waals surface area contributed by atoms with Crippen molar-refractivity contribution in [2.75, 3.05) is 5.32 Å². The smallest absolute Gasteiger partial charge is 0.311 e. The van der Waals surface area contributed by atoms with Crippen molar-refractivity contribution >= 4 is 11.7 Å². The molecular weight excluding hydrogens is 272 g/mol. The minimum absolute atomic E-state index is 0.131. The van der Waals surface area contributed by atoms with Crippen LogP contribution in [0.4, 0.5) is 5.82 Å². The van der Waals surface area contributed by atoms with E-state index >= 15 is 0 Å². The molecule has 2 aromatic rings. The number of carbonyl (C=O) groups excluding carboxylic acids is 1. The molecule has 2 aromatic heterocycles. The third-order valence-corrected chi connectivity index (χ3v) is 3.01. The van der Waals surface area contributed by atoms with Gasteiger partial charge in [-0.3, -0.25) is 14.6 Å². The Morgan fingerprint density at radius 3 is 2.67 bits per heavy atom. The summed E-state index contributed by atoms with van der Waals surface area (Å²) < 4.78 is 0. The molecule has 0 saturated carbocycles. The van der Waals surface area contributed by atoms with E-state index in [1.54, 1.807) is 19.1 Å². The van der Waals surface area contributed by atoms with E-state index in [1.165, 1.54) is 0 Å². The standard InChI is InChI=1S/C14H16N4O3/c1-8-4-3-5-11(15-8)17-12(19)7-6-10-9(2)16-14(21)18-13(10)20/h3-5H,6-7H2,1-2H3,(H,15,17,19)(H2,16,18,20,21). The first-order valence-electron chi connectivity index (χ1n) is 6.51. The average molecular weight is 288 g/mol. The van der Waals surface area contributed by atoms with E-state index < -0.39 is 11.2 Å². The second-order valence-corrected chi connectivity index (χ2v) is 4.72. The van der Waals surface area contributed by atoms with Crippen molar-refractivity contribution in [2.24, 2.45) is 0 Å². The van der Waals surface area contributed by atoms with Gasteiger partial charge in [-0.2, -0.15) is 0 Å². The number of rotatable bonds is 4. The van der Waals surface area contributed by atoms with Crippen molar-refractivity contribution in [1.29, 1.82) is 0 Å². The SMILES string of the molecule is Cc1cccc(NC(=O)CCc2c(C)[nH]c(=O)[nH]c2=O)n1. The number of nitrogens with one attached hydrogen (secondary N) is 3. The average Bonchev–Trinajstić information content (AvgIpc) is 2.37. The number of aromatic amines is 2. The number of pyridine rings is 1. The van der Waals surface area contributed by atoms with Gasteiger partial charge >= 0.3 is 5.69 Å². The highest BCUT2D eigenvalue weighted by molar-refractivity contribution is 5.89. The summed E-state index contributed by atoms with van der Waals surface area (Å²) in [7, 11) is 0. The van der Waals surface area contributed by atoms with Crippen LogP contribution in [0.3, 0.4) is 0 Å². The Labute approximate surface area is 120 Å². The molecule has 0 aromatic carbocycles. The van der Waals surface area contributed by atoms with E-state index in [-0.39, 0.29) is 18.7 Å². The summed E-state index contributed by atoms with van der Waals surface area (Å²) in [4.78, 5) is 43.4. The van der Waals surface area contributed by atoms with Gasteiger partial charge in [0.05, 0.1) is 0 Å². The fourth-order valence-electron chi connectivity index (χ4n) is 1.98. The molecule has 0 spiro atoms. The molecule has 0 aliphatic rings. The second kappa shape index (κ2) is 6.17. The molecule has 0 saturated heterocycles. The first-order valence-corrected chi connectivity index (χ1v) is 6.51. The molecule has 0 bridgehead atoms. The summed E-state index contributed by atoms with van der Waals surface area (Å²) in [6, 6.07) is 5.33. The van der Waals surface area contributed by atoms with E-state index in [2.05, 4.69) is 20.3 Å². The van der Waals surface area contributed by atoms with Crippen molar-refractivity contribution in [3.8, 4) is 0 Å². The van der Waals surface area contributed by atoms with E-state index in [1.807, 2.05) is 13.0 Å². The lowest BCUT2D eigenvalue weighted by molar-refractivity contribution is -0.116. The number of anilines is 1. The van der Waals surface area contributed by atoms with Crippen LogP contribution in [0.2, 0.25) is 0 Å². The Bertz CT molecular complexity index is 776. The van der Waals surface area contributed by atoms with Gasteiger partial charge in [0.15, 0.2) is 0 Å². The highest BCUT2D eigenvalue weighted by Crippen LogP contribution is 2.06. The van der Waals surface area contributed by atoms with Gasteiger partial charge in [-0.15, -0.1) is 0 Å². The molecular formula is C14H16N4O3. The van der Waals surface area contributed by atoms with Gasteiger partial charge in [-0.1, -0.05) is 6.07 Å². The maximum absolute atomic E-state index is 11.9. The van der Waals surface area contributed by atoms with Gasteiger partial charge in [0.25, 0.3) is 5.56 Å². The lowest BCUT2D eigenvalue weighted by Crippen LogP contribution is -2.27. The number of hydrogen-bond donors (Lipinski definition) is 3. The van der Waals surface area contributed by atoms with Crippen LogP contribution in [-0.4, -0.2) is 20.9 Å². The topological polar surface area (TPSA) is 108 Å². The monoisotopic (exact) mass is 288 g/mol. The summed E-state index contributed by atoms with van der Waals surface area (Å²) in [5, 5.41) is 2.67. The number of hydrogen-bond acceptors (Lipinski definition) is 4. The molecule has 7 nitrogen and oxygen atoms in total. The highest BCUT2D eigenvalue weighted by Gasteiger charge is 2.09. The minimum Gasteiger partial charge on any atom is -0.311 e.